The van der Waals surface area contributed by atoms with Gasteiger partial charge in [-0.15, -0.1) is 0 Å². The van der Waals surface area contributed by atoms with Crippen molar-refractivity contribution in [1.82, 2.24) is 4.57 Å². The minimum Gasteiger partial charge on any atom is -0.497 e. The molecule has 4 aromatic rings. The Hall–Kier alpha value is -3.53. The van der Waals surface area contributed by atoms with Gasteiger partial charge in [-0.3, -0.25) is 4.57 Å². The van der Waals surface area contributed by atoms with E-state index in [-0.39, 0.29) is 6.03 Å². The number of nitrogens with one attached hydrogen (secondary N) is 1. The van der Waals surface area contributed by atoms with Crippen molar-refractivity contribution in [3.05, 3.63) is 84.6 Å². The van der Waals surface area contributed by atoms with Crippen molar-refractivity contribution in [3.8, 4) is 16.9 Å². The highest BCUT2D eigenvalue weighted by molar-refractivity contribution is 6.05. The fourth-order valence-electron chi connectivity index (χ4n) is 3.67. The van der Waals surface area contributed by atoms with Gasteiger partial charge in [-0.05, 0) is 47.4 Å². The van der Waals surface area contributed by atoms with Gasteiger partial charge in [-0.1, -0.05) is 56.3 Å². The van der Waals surface area contributed by atoms with Gasteiger partial charge in [-0.2, -0.15) is 0 Å². The number of ether oxygens (including phenoxy) is 1. The first-order chi connectivity index (χ1) is 14.1. The zero-order valence-corrected chi connectivity index (χ0v) is 16.8. The largest absolute Gasteiger partial charge is 0.497 e. The third-order valence-corrected chi connectivity index (χ3v) is 5.15. The van der Waals surface area contributed by atoms with Crippen LogP contribution >= 0.6 is 0 Å². The number of para-hydroxylation sites is 1. The number of rotatable bonds is 4. The molecular weight excluding hydrogens is 360 g/mol. The number of hydrogen-bond acceptors (Lipinski definition) is 2. The first kappa shape index (κ1) is 18.8. The minimum absolute atomic E-state index is 0.195. The molecule has 0 atom stereocenters. The van der Waals surface area contributed by atoms with Crippen LogP contribution in [0.1, 0.15) is 25.3 Å². The standard InChI is InChI=1S/C25H24N2O2/c1-17(2)20-8-4-5-9-21(20)23-16-27(24-11-7-6-10-22(23)24)25(28)26-18-12-14-19(29-3)15-13-18/h4-17H,1-3H3,(H,26,28). The molecule has 0 fully saturated rings. The Labute approximate surface area is 170 Å². The number of anilines is 1. The van der Waals surface area contributed by atoms with Crippen LogP contribution in [0, 0.1) is 0 Å². The van der Waals surface area contributed by atoms with E-state index in [1.54, 1.807) is 11.7 Å². The smallest absolute Gasteiger partial charge is 0.330 e. The molecule has 3 aromatic carbocycles. The molecule has 0 unspecified atom stereocenters. The highest BCUT2D eigenvalue weighted by atomic mass is 16.5. The number of fused-ring (bicyclic) bond motifs is 1. The topological polar surface area (TPSA) is 43.3 Å². The summed E-state index contributed by atoms with van der Waals surface area (Å²) in [5.41, 5.74) is 5.10. The summed E-state index contributed by atoms with van der Waals surface area (Å²) in [5.74, 6) is 1.14. The molecule has 146 valence electrons. The monoisotopic (exact) mass is 384 g/mol. The van der Waals surface area contributed by atoms with Crippen molar-refractivity contribution in [1.29, 1.82) is 0 Å². The lowest BCUT2D eigenvalue weighted by molar-refractivity contribution is 0.254. The van der Waals surface area contributed by atoms with Gasteiger partial charge in [0.25, 0.3) is 0 Å². The first-order valence-electron chi connectivity index (χ1n) is 9.73. The van der Waals surface area contributed by atoms with Gasteiger partial charge in [0.2, 0.25) is 0 Å². The highest BCUT2D eigenvalue weighted by Crippen LogP contribution is 2.35. The second-order valence-corrected chi connectivity index (χ2v) is 7.33. The fourth-order valence-corrected chi connectivity index (χ4v) is 3.67. The molecule has 0 aliphatic carbocycles. The van der Waals surface area contributed by atoms with Crippen molar-refractivity contribution in [2.45, 2.75) is 19.8 Å². The van der Waals surface area contributed by atoms with Crippen molar-refractivity contribution in [3.63, 3.8) is 0 Å². The van der Waals surface area contributed by atoms with E-state index >= 15 is 0 Å². The van der Waals surface area contributed by atoms with Crippen LogP contribution in [0.15, 0.2) is 79.0 Å². The zero-order valence-electron chi connectivity index (χ0n) is 16.8. The molecule has 1 aromatic heterocycles. The first-order valence-corrected chi connectivity index (χ1v) is 9.73. The average molecular weight is 384 g/mol. The van der Waals surface area contributed by atoms with E-state index < -0.39 is 0 Å². The predicted molar refractivity (Wildman–Crippen MR) is 119 cm³/mol. The summed E-state index contributed by atoms with van der Waals surface area (Å²) in [6.07, 6.45) is 1.94. The molecule has 0 bridgehead atoms. The highest BCUT2D eigenvalue weighted by Gasteiger charge is 2.17. The van der Waals surface area contributed by atoms with Crippen molar-refractivity contribution < 1.29 is 9.53 Å². The van der Waals surface area contributed by atoms with E-state index in [0.29, 0.717) is 5.92 Å². The van der Waals surface area contributed by atoms with Gasteiger partial charge >= 0.3 is 6.03 Å². The maximum Gasteiger partial charge on any atom is 0.330 e. The molecule has 0 aliphatic heterocycles. The SMILES string of the molecule is COc1ccc(NC(=O)n2cc(-c3ccccc3C(C)C)c3ccccc32)cc1. The number of benzene rings is 3. The van der Waals surface area contributed by atoms with Gasteiger partial charge in [-0.25, -0.2) is 4.79 Å². The normalized spacial score (nSPS) is 11.0. The van der Waals surface area contributed by atoms with Crippen LogP contribution in [0.25, 0.3) is 22.0 Å². The van der Waals surface area contributed by atoms with E-state index in [0.717, 1.165) is 33.5 Å². The summed E-state index contributed by atoms with van der Waals surface area (Å²) in [7, 11) is 1.62. The summed E-state index contributed by atoms with van der Waals surface area (Å²) in [6.45, 7) is 4.38. The zero-order chi connectivity index (χ0) is 20.4. The Morgan fingerprint density at radius 2 is 1.59 bits per heavy atom. The van der Waals surface area contributed by atoms with Crippen LogP contribution in [-0.2, 0) is 0 Å². The van der Waals surface area contributed by atoms with E-state index in [1.807, 2.05) is 54.7 Å². The molecule has 29 heavy (non-hydrogen) atoms. The molecule has 1 heterocycles. The number of hydrogen-bond donors (Lipinski definition) is 1. The molecule has 4 heteroatoms. The van der Waals surface area contributed by atoms with Gasteiger partial charge < -0.3 is 10.1 Å². The van der Waals surface area contributed by atoms with Gasteiger partial charge in [0.15, 0.2) is 0 Å². The van der Waals surface area contributed by atoms with Crippen LogP contribution in [0.5, 0.6) is 5.75 Å². The maximum atomic E-state index is 13.1. The number of methoxy groups -OCH3 is 1. The summed E-state index contributed by atoms with van der Waals surface area (Å²) < 4.78 is 6.87. The minimum atomic E-state index is -0.195. The van der Waals surface area contributed by atoms with Gasteiger partial charge in [0.05, 0.1) is 12.6 Å². The molecule has 1 N–H and O–H groups in total. The predicted octanol–water partition coefficient (Wildman–Crippen LogP) is 6.52. The maximum absolute atomic E-state index is 13.1. The molecule has 0 saturated heterocycles. The summed E-state index contributed by atoms with van der Waals surface area (Å²) in [5, 5.41) is 4.03. The summed E-state index contributed by atoms with van der Waals surface area (Å²) >= 11 is 0. The summed E-state index contributed by atoms with van der Waals surface area (Å²) in [4.78, 5) is 13.1. The van der Waals surface area contributed by atoms with E-state index in [4.69, 9.17) is 4.74 Å². The molecule has 0 aliphatic rings. The Morgan fingerprint density at radius 1 is 0.897 bits per heavy atom. The molecule has 4 nitrogen and oxygen atoms in total. The quantitative estimate of drug-likeness (QED) is 0.435. The Bertz CT molecular complexity index is 1160. The van der Waals surface area contributed by atoms with E-state index in [1.165, 1.54) is 5.56 Å². The number of nitrogens with zero attached hydrogens (tertiary/aromatic N) is 1. The lowest BCUT2D eigenvalue weighted by atomic mass is 9.92. The van der Waals surface area contributed by atoms with E-state index in [9.17, 15) is 4.79 Å². The Morgan fingerprint density at radius 3 is 2.31 bits per heavy atom. The molecule has 1 amide bonds. The lowest BCUT2D eigenvalue weighted by Gasteiger charge is -2.12. The van der Waals surface area contributed by atoms with Crippen LogP contribution in [0.4, 0.5) is 10.5 Å². The summed E-state index contributed by atoms with van der Waals surface area (Å²) in [6, 6.07) is 23.5. The van der Waals surface area contributed by atoms with Crippen molar-refractivity contribution >= 4 is 22.6 Å². The molecular formula is C25H24N2O2. The number of carbonyl (C=O) groups is 1. The molecule has 0 saturated carbocycles. The number of amides is 1. The second kappa shape index (κ2) is 7.84. The Kier molecular flexibility index (Phi) is 5.09. The van der Waals surface area contributed by atoms with Crippen LogP contribution in [0.3, 0.4) is 0 Å². The van der Waals surface area contributed by atoms with Crippen LogP contribution < -0.4 is 10.1 Å². The molecule has 0 spiro atoms. The van der Waals surface area contributed by atoms with Gasteiger partial charge in [0, 0.05) is 22.8 Å². The fraction of sp³-hybridized carbons (Fsp3) is 0.160. The number of aromatic nitrogens is 1. The van der Waals surface area contributed by atoms with E-state index in [2.05, 4.69) is 43.4 Å². The third kappa shape index (κ3) is 3.61. The van der Waals surface area contributed by atoms with Gasteiger partial charge in [0.1, 0.15) is 5.75 Å². The third-order valence-electron chi connectivity index (χ3n) is 5.15. The van der Waals surface area contributed by atoms with Crippen LogP contribution in [-0.4, -0.2) is 17.7 Å². The Balaban J connectivity index is 1.77. The molecule has 0 radical (unpaired) electrons. The molecule has 4 rings (SSSR count). The second-order valence-electron chi connectivity index (χ2n) is 7.33. The van der Waals surface area contributed by atoms with Crippen molar-refractivity contribution in [2.24, 2.45) is 0 Å². The van der Waals surface area contributed by atoms with Crippen molar-refractivity contribution in [2.75, 3.05) is 12.4 Å². The number of carbonyl (C=O) groups excluding carboxylic acids is 1. The average Bonchev–Trinajstić information content (AvgIpc) is 3.14. The van der Waals surface area contributed by atoms with Crippen LogP contribution in [0.2, 0.25) is 0 Å². The lowest BCUT2D eigenvalue weighted by Crippen LogP contribution is -2.18.